The van der Waals surface area contributed by atoms with Gasteiger partial charge in [0.15, 0.2) is 0 Å². The van der Waals surface area contributed by atoms with Gasteiger partial charge in [-0.15, -0.1) is 0 Å². The van der Waals surface area contributed by atoms with Crippen LogP contribution in [0.2, 0.25) is 0 Å². The van der Waals surface area contributed by atoms with Crippen LogP contribution in [0, 0.1) is 6.92 Å². The van der Waals surface area contributed by atoms with Crippen molar-refractivity contribution in [2.24, 2.45) is 0 Å². The van der Waals surface area contributed by atoms with Crippen molar-refractivity contribution in [2.75, 3.05) is 6.61 Å². The average Bonchev–Trinajstić information content (AvgIpc) is 2.49. The maximum Gasteiger partial charge on any atom is 0.0963 e. The summed E-state index contributed by atoms with van der Waals surface area (Å²) in [6, 6.07) is 8.50. The van der Waals surface area contributed by atoms with E-state index < -0.39 is 0 Å². The summed E-state index contributed by atoms with van der Waals surface area (Å²) in [5.74, 6) is 1.07. The van der Waals surface area contributed by atoms with Crippen LogP contribution in [0.4, 0.5) is 0 Å². The number of allylic oxidation sites excluding steroid dienone is 2. The van der Waals surface area contributed by atoms with Crippen molar-refractivity contribution in [3.8, 4) is 0 Å². The minimum absolute atomic E-state index is 0.850. The quantitative estimate of drug-likeness (QED) is 0.352. The summed E-state index contributed by atoms with van der Waals surface area (Å²) in [6.07, 6.45) is 9.29. The highest BCUT2D eigenvalue weighted by Gasteiger charge is 2.04. The van der Waals surface area contributed by atoms with Crippen molar-refractivity contribution < 1.29 is 4.74 Å². The molecule has 0 radical (unpaired) electrons. The molecule has 1 aromatic rings. The predicted molar refractivity (Wildman–Crippen MR) is 93.4 cm³/mol. The van der Waals surface area contributed by atoms with Crippen LogP contribution in [0.25, 0.3) is 5.57 Å². The van der Waals surface area contributed by atoms with E-state index in [1.54, 1.807) is 0 Å². The maximum absolute atomic E-state index is 5.92. The number of aryl methyl sites for hydroxylation is 1. The molecule has 0 saturated carbocycles. The summed E-state index contributed by atoms with van der Waals surface area (Å²) in [5.41, 5.74) is 3.87. The molecule has 0 heterocycles. The second-order valence-corrected chi connectivity index (χ2v) is 5.97. The van der Waals surface area contributed by atoms with E-state index in [-0.39, 0.29) is 0 Å². The second-order valence-electron chi connectivity index (χ2n) is 5.97. The van der Waals surface area contributed by atoms with Crippen LogP contribution in [-0.2, 0) is 4.74 Å². The van der Waals surface area contributed by atoms with E-state index in [1.165, 1.54) is 61.6 Å². The molecule has 0 saturated heterocycles. The summed E-state index contributed by atoms with van der Waals surface area (Å²) in [5, 5.41) is 0. The predicted octanol–water partition coefficient (Wildman–Crippen LogP) is 6.51. The third-order valence-electron chi connectivity index (χ3n) is 4.14. The van der Waals surface area contributed by atoms with Gasteiger partial charge in [-0.1, -0.05) is 69.7 Å². The molecule has 0 aliphatic heterocycles. The molecule has 0 spiro atoms. The molecule has 0 atom stereocenters. The molecular weight excluding hydrogens is 256 g/mol. The molecule has 0 amide bonds. The molecule has 1 nitrogen and oxygen atoms in total. The van der Waals surface area contributed by atoms with Gasteiger partial charge in [0.25, 0.3) is 0 Å². The molecule has 1 heteroatoms. The Morgan fingerprint density at radius 3 is 2.19 bits per heavy atom. The summed E-state index contributed by atoms with van der Waals surface area (Å²) in [7, 11) is 0. The van der Waals surface area contributed by atoms with Crippen LogP contribution in [0.3, 0.4) is 0 Å². The summed E-state index contributed by atoms with van der Waals surface area (Å²) in [6.45, 7) is 9.51. The molecule has 0 N–H and O–H groups in total. The SMILES string of the molecule is CCCCCCCCCOC(C)=C(C)c1ccccc1C. The number of benzene rings is 1. The van der Waals surface area contributed by atoms with E-state index in [4.69, 9.17) is 4.74 Å². The van der Waals surface area contributed by atoms with Crippen molar-refractivity contribution >= 4 is 5.57 Å². The first-order valence-corrected chi connectivity index (χ1v) is 8.53. The molecule has 0 fully saturated rings. The van der Waals surface area contributed by atoms with Gasteiger partial charge in [-0.3, -0.25) is 0 Å². The monoisotopic (exact) mass is 288 g/mol. The van der Waals surface area contributed by atoms with Crippen LogP contribution in [0.15, 0.2) is 30.0 Å². The number of ether oxygens (including phenoxy) is 1. The highest BCUT2D eigenvalue weighted by molar-refractivity contribution is 5.67. The van der Waals surface area contributed by atoms with Crippen molar-refractivity contribution in [3.05, 3.63) is 41.2 Å². The van der Waals surface area contributed by atoms with Crippen LogP contribution in [0.1, 0.15) is 76.8 Å². The largest absolute Gasteiger partial charge is 0.498 e. The highest BCUT2D eigenvalue weighted by atomic mass is 16.5. The fraction of sp³-hybridized carbons (Fsp3) is 0.600. The molecule has 21 heavy (non-hydrogen) atoms. The van der Waals surface area contributed by atoms with E-state index in [9.17, 15) is 0 Å². The average molecular weight is 288 g/mol. The Balaban J connectivity index is 2.28. The van der Waals surface area contributed by atoms with Gasteiger partial charge in [-0.2, -0.15) is 0 Å². The summed E-state index contributed by atoms with van der Waals surface area (Å²) in [4.78, 5) is 0. The minimum Gasteiger partial charge on any atom is -0.498 e. The minimum atomic E-state index is 0.850. The number of hydrogen-bond acceptors (Lipinski definition) is 1. The van der Waals surface area contributed by atoms with Gasteiger partial charge in [-0.05, 0) is 43.9 Å². The number of hydrogen-bond donors (Lipinski definition) is 0. The third kappa shape index (κ3) is 6.84. The molecule has 0 aromatic heterocycles. The first kappa shape index (κ1) is 17.8. The zero-order valence-corrected chi connectivity index (χ0v) is 14.4. The molecular formula is C20H32O. The Morgan fingerprint density at radius 1 is 0.905 bits per heavy atom. The molecule has 1 rings (SSSR count). The van der Waals surface area contributed by atoms with Gasteiger partial charge < -0.3 is 4.74 Å². The van der Waals surface area contributed by atoms with Crippen molar-refractivity contribution in [1.29, 1.82) is 0 Å². The van der Waals surface area contributed by atoms with E-state index in [2.05, 4.69) is 52.0 Å². The van der Waals surface area contributed by atoms with Crippen LogP contribution in [-0.4, -0.2) is 6.61 Å². The first-order chi connectivity index (χ1) is 10.2. The summed E-state index contributed by atoms with van der Waals surface area (Å²) < 4.78 is 5.92. The van der Waals surface area contributed by atoms with Gasteiger partial charge in [0.05, 0.1) is 12.4 Å². The molecule has 0 bridgehead atoms. The Labute approximate surface area is 131 Å². The highest BCUT2D eigenvalue weighted by Crippen LogP contribution is 2.22. The van der Waals surface area contributed by atoms with Gasteiger partial charge >= 0.3 is 0 Å². The lowest BCUT2D eigenvalue weighted by molar-refractivity contribution is 0.208. The molecule has 1 aromatic carbocycles. The van der Waals surface area contributed by atoms with Gasteiger partial charge in [0, 0.05) is 0 Å². The lowest BCUT2D eigenvalue weighted by Gasteiger charge is -2.12. The zero-order valence-electron chi connectivity index (χ0n) is 14.4. The molecule has 0 aliphatic carbocycles. The standard InChI is InChI=1S/C20H32O/c1-5-6-7-8-9-10-13-16-21-19(4)18(3)20-15-12-11-14-17(20)2/h11-12,14-15H,5-10,13,16H2,1-4H3. The molecule has 0 unspecified atom stereocenters. The Morgan fingerprint density at radius 2 is 1.52 bits per heavy atom. The topological polar surface area (TPSA) is 9.23 Å². The Bertz CT molecular complexity index is 431. The third-order valence-corrected chi connectivity index (χ3v) is 4.14. The first-order valence-electron chi connectivity index (χ1n) is 8.53. The fourth-order valence-corrected chi connectivity index (χ4v) is 2.58. The normalized spacial score (nSPS) is 12.2. The van der Waals surface area contributed by atoms with Crippen molar-refractivity contribution in [2.45, 2.75) is 72.6 Å². The van der Waals surface area contributed by atoms with Gasteiger partial charge in [-0.25, -0.2) is 0 Å². The maximum atomic E-state index is 5.92. The number of rotatable bonds is 10. The zero-order chi connectivity index (χ0) is 15.5. The van der Waals surface area contributed by atoms with Crippen LogP contribution in [0.5, 0.6) is 0 Å². The van der Waals surface area contributed by atoms with Gasteiger partial charge in [0.2, 0.25) is 0 Å². The molecule has 0 aliphatic rings. The van der Waals surface area contributed by atoms with E-state index in [0.29, 0.717) is 0 Å². The second kappa shape index (κ2) is 10.5. The Hall–Kier alpha value is -1.24. The Kier molecular flexibility index (Phi) is 8.89. The fourth-order valence-electron chi connectivity index (χ4n) is 2.58. The van der Waals surface area contributed by atoms with Crippen LogP contribution < -0.4 is 0 Å². The smallest absolute Gasteiger partial charge is 0.0963 e. The van der Waals surface area contributed by atoms with Crippen molar-refractivity contribution in [3.63, 3.8) is 0 Å². The van der Waals surface area contributed by atoms with Crippen molar-refractivity contribution in [1.82, 2.24) is 0 Å². The molecule has 118 valence electrons. The number of unbranched alkanes of at least 4 members (excludes halogenated alkanes) is 6. The van der Waals surface area contributed by atoms with E-state index >= 15 is 0 Å². The lowest BCUT2D eigenvalue weighted by Crippen LogP contribution is -1.96. The van der Waals surface area contributed by atoms with E-state index in [1.807, 2.05) is 0 Å². The van der Waals surface area contributed by atoms with E-state index in [0.717, 1.165) is 12.4 Å². The van der Waals surface area contributed by atoms with Gasteiger partial charge in [0.1, 0.15) is 0 Å². The summed E-state index contributed by atoms with van der Waals surface area (Å²) >= 11 is 0. The lowest BCUT2D eigenvalue weighted by atomic mass is 10.0. The van der Waals surface area contributed by atoms with Crippen LogP contribution >= 0.6 is 0 Å².